The Hall–Kier alpha value is -2.41. The highest BCUT2D eigenvalue weighted by Gasteiger charge is 2.42. The molecule has 1 saturated heterocycles. The molecule has 1 spiro atoms. The summed E-state index contributed by atoms with van der Waals surface area (Å²) >= 11 is 0. The average Bonchev–Trinajstić information content (AvgIpc) is 2.91. The molecule has 1 unspecified atom stereocenters. The van der Waals surface area contributed by atoms with Gasteiger partial charge in [-0.05, 0) is 44.2 Å². The van der Waals surface area contributed by atoms with E-state index in [0.717, 1.165) is 77.2 Å². The van der Waals surface area contributed by atoms with Gasteiger partial charge in [-0.3, -0.25) is 19.3 Å². The molecule has 0 bridgehead atoms. The number of amides is 2. The second-order valence-corrected chi connectivity index (χ2v) is 10.7. The fourth-order valence-corrected chi connectivity index (χ4v) is 5.62. The Morgan fingerprint density at radius 2 is 1.70 bits per heavy atom. The molecule has 1 aromatic rings. The van der Waals surface area contributed by atoms with Gasteiger partial charge in [0.1, 0.15) is 12.1 Å². The molecule has 1 atom stereocenters. The normalized spacial score (nSPS) is 22.7. The highest BCUT2D eigenvalue weighted by Crippen LogP contribution is 2.29. The van der Waals surface area contributed by atoms with Crippen LogP contribution >= 0.6 is 0 Å². The van der Waals surface area contributed by atoms with Crippen LogP contribution in [0.25, 0.3) is 0 Å². The third-order valence-electron chi connectivity index (χ3n) is 7.78. The van der Waals surface area contributed by atoms with E-state index >= 15 is 0 Å². The lowest BCUT2D eigenvalue weighted by molar-refractivity contribution is -0.144. The first-order valence-corrected chi connectivity index (χ1v) is 14.6. The second kappa shape index (κ2) is 15.8. The molecule has 1 aliphatic carbocycles. The van der Waals surface area contributed by atoms with Gasteiger partial charge in [-0.25, -0.2) is 0 Å². The Kier molecular flexibility index (Phi) is 12.4. The molecule has 1 heterocycles. The van der Waals surface area contributed by atoms with Crippen LogP contribution in [0.15, 0.2) is 30.3 Å². The van der Waals surface area contributed by atoms with Crippen LogP contribution in [0.1, 0.15) is 102 Å². The number of hydrogen-bond donors (Lipinski definition) is 2. The monoisotopic (exact) mass is 513 g/mol. The minimum absolute atomic E-state index is 0.0250. The molecule has 2 fully saturated rings. The minimum Gasteiger partial charge on any atom is -0.464 e. The lowest BCUT2D eigenvalue weighted by Crippen LogP contribution is -2.63. The number of ether oxygens (including phenoxy) is 1. The van der Waals surface area contributed by atoms with Gasteiger partial charge in [-0.2, -0.15) is 0 Å². The van der Waals surface area contributed by atoms with Gasteiger partial charge in [0.25, 0.3) is 0 Å². The number of unbranched alkanes of at least 4 members (excludes halogenated alkanes) is 3. The van der Waals surface area contributed by atoms with E-state index in [4.69, 9.17) is 4.74 Å². The summed E-state index contributed by atoms with van der Waals surface area (Å²) in [5.41, 5.74) is 0.285. The van der Waals surface area contributed by atoms with Crippen LogP contribution in [-0.2, 0) is 25.7 Å². The molecule has 206 valence electrons. The average molecular weight is 514 g/mol. The molecule has 7 heteroatoms. The SMILES string of the molecule is CCCCCCC1C(=O)NC2(CCCCC2)C(=O)NCCOC(=O)CCCCCN1Cc1ccccc1. The molecule has 1 aromatic carbocycles. The topological polar surface area (TPSA) is 87.7 Å². The number of cyclic esters (lactones) is 1. The first kappa shape index (κ1) is 29.2. The van der Waals surface area contributed by atoms with Crippen molar-refractivity contribution in [2.45, 2.75) is 115 Å². The van der Waals surface area contributed by atoms with Crippen molar-refractivity contribution < 1.29 is 19.1 Å². The summed E-state index contributed by atoms with van der Waals surface area (Å²) in [6.07, 6.45) is 12.3. The van der Waals surface area contributed by atoms with Crippen molar-refractivity contribution in [1.29, 1.82) is 0 Å². The van der Waals surface area contributed by atoms with Gasteiger partial charge in [0.05, 0.1) is 12.6 Å². The van der Waals surface area contributed by atoms with Crippen LogP contribution < -0.4 is 10.6 Å². The highest BCUT2D eigenvalue weighted by atomic mass is 16.5. The molecule has 2 aliphatic rings. The number of hydrogen-bond acceptors (Lipinski definition) is 5. The van der Waals surface area contributed by atoms with E-state index in [0.29, 0.717) is 25.8 Å². The van der Waals surface area contributed by atoms with Gasteiger partial charge in [-0.1, -0.05) is 88.6 Å². The van der Waals surface area contributed by atoms with Crippen molar-refractivity contribution in [2.24, 2.45) is 0 Å². The van der Waals surface area contributed by atoms with E-state index in [-0.39, 0.29) is 37.0 Å². The van der Waals surface area contributed by atoms with E-state index in [1.807, 2.05) is 18.2 Å². The summed E-state index contributed by atoms with van der Waals surface area (Å²) in [7, 11) is 0. The van der Waals surface area contributed by atoms with Gasteiger partial charge in [0.15, 0.2) is 0 Å². The van der Waals surface area contributed by atoms with Gasteiger partial charge in [-0.15, -0.1) is 0 Å². The molecular formula is C30H47N3O4. The van der Waals surface area contributed by atoms with Gasteiger partial charge in [0.2, 0.25) is 11.8 Å². The third-order valence-corrected chi connectivity index (χ3v) is 7.78. The zero-order valence-electron chi connectivity index (χ0n) is 22.8. The zero-order valence-corrected chi connectivity index (χ0v) is 22.8. The first-order valence-electron chi connectivity index (χ1n) is 14.6. The Balaban J connectivity index is 1.86. The number of carbonyl (C=O) groups is 3. The fraction of sp³-hybridized carbons (Fsp3) is 0.700. The third kappa shape index (κ3) is 9.44. The quantitative estimate of drug-likeness (QED) is 0.401. The Morgan fingerprint density at radius 1 is 0.946 bits per heavy atom. The predicted octanol–water partition coefficient (Wildman–Crippen LogP) is 4.88. The first-order chi connectivity index (χ1) is 18.0. The molecule has 1 aliphatic heterocycles. The highest BCUT2D eigenvalue weighted by molar-refractivity contribution is 5.93. The van der Waals surface area contributed by atoms with E-state index in [9.17, 15) is 14.4 Å². The van der Waals surface area contributed by atoms with Gasteiger partial charge < -0.3 is 15.4 Å². The molecule has 0 aromatic heterocycles. The molecule has 7 nitrogen and oxygen atoms in total. The molecule has 1 saturated carbocycles. The molecule has 2 amide bonds. The zero-order chi connectivity index (χ0) is 26.3. The largest absolute Gasteiger partial charge is 0.464 e. The summed E-state index contributed by atoms with van der Waals surface area (Å²) in [4.78, 5) is 41.9. The van der Waals surface area contributed by atoms with Crippen molar-refractivity contribution in [1.82, 2.24) is 15.5 Å². The summed E-state index contributed by atoms with van der Waals surface area (Å²) in [5.74, 6) is -0.386. The van der Waals surface area contributed by atoms with E-state index in [1.54, 1.807) is 0 Å². The smallest absolute Gasteiger partial charge is 0.305 e. The fourth-order valence-electron chi connectivity index (χ4n) is 5.62. The molecule has 2 N–H and O–H groups in total. The maximum absolute atomic E-state index is 14.0. The molecule has 3 rings (SSSR count). The Labute approximate surface area is 223 Å². The lowest BCUT2D eigenvalue weighted by atomic mass is 9.80. The number of carbonyl (C=O) groups excluding carboxylic acids is 3. The standard InChI is InChI=1S/C30H47N3O4/c1-2-3-4-10-17-26-28(35)32-30(19-12-7-13-20-30)29(36)31-21-23-37-27(34)18-11-6-14-22-33(26)24-25-15-8-5-9-16-25/h5,8-9,15-16,26H,2-4,6-7,10-14,17-24H2,1H3,(H,31,36)(H,32,35). The summed E-state index contributed by atoms with van der Waals surface area (Å²) in [6, 6.07) is 10.0. The van der Waals surface area contributed by atoms with E-state index in [2.05, 4.69) is 34.6 Å². The van der Waals surface area contributed by atoms with Crippen LogP contribution in [0.5, 0.6) is 0 Å². The Morgan fingerprint density at radius 3 is 2.46 bits per heavy atom. The molecular weight excluding hydrogens is 466 g/mol. The van der Waals surface area contributed by atoms with Crippen LogP contribution in [0, 0.1) is 0 Å². The molecule has 0 radical (unpaired) electrons. The summed E-state index contributed by atoms with van der Waals surface area (Å²) in [5, 5.41) is 6.23. The minimum atomic E-state index is -0.892. The maximum atomic E-state index is 14.0. The second-order valence-electron chi connectivity index (χ2n) is 10.7. The van der Waals surface area contributed by atoms with Crippen LogP contribution in [-0.4, -0.2) is 54.0 Å². The van der Waals surface area contributed by atoms with Crippen LogP contribution in [0.4, 0.5) is 0 Å². The van der Waals surface area contributed by atoms with E-state index < -0.39 is 5.54 Å². The van der Waals surface area contributed by atoms with Crippen molar-refractivity contribution in [2.75, 3.05) is 19.7 Å². The molecule has 37 heavy (non-hydrogen) atoms. The van der Waals surface area contributed by atoms with Crippen molar-refractivity contribution in [3.8, 4) is 0 Å². The number of nitrogens with zero attached hydrogens (tertiary/aromatic N) is 1. The van der Waals surface area contributed by atoms with Gasteiger partial charge >= 0.3 is 5.97 Å². The number of nitrogens with one attached hydrogen (secondary N) is 2. The number of esters is 1. The van der Waals surface area contributed by atoms with Gasteiger partial charge in [0, 0.05) is 13.0 Å². The number of benzene rings is 1. The maximum Gasteiger partial charge on any atom is 0.305 e. The Bertz CT molecular complexity index is 838. The van der Waals surface area contributed by atoms with Crippen molar-refractivity contribution in [3.63, 3.8) is 0 Å². The van der Waals surface area contributed by atoms with Crippen LogP contribution in [0.3, 0.4) is 0 Å². The summed E-state index contributed by atoms with van der Waals surface area (Å²) < 4.78 is 5.32. The number of rotatable bonds is 7. The predicted molar refractivity (Wildman–Crippen MR) is 146 cm³/mol. The van der Waals surface area contributed by atoms with Crippen molar-refractivity contribution in [3.05, 3.63) is 35.9 Å². The van der Waals surface area contributed by atoms with E-state index in [1.165, 1.54) is 5.56 Å². The lowest BCUT2D eigenvalue weighted by Gasteiger charge is -2.39. The summed E-state index contributed by atoms with van der Waals surface area (Å²) in [6.45, 7) is 4.09. The van der Waals surface area contributed by atoms with Crippen LogP contribution in [0.2, 0.25) is 0 Å². The van der Waals surface area contributed by atoms with Crippen molar-refractivity contribution >= 4 is 17.8 Å².